The van der Waals surface area contributed by atoms with Gasteiger partial charge in [-0.05, 0) is 42.5 Å². The van der Waals surface area contributed by atoms with Gasteiger partial charge in [-0.1, -0.05) is 36.4 Å². The summed E-state index contributed by atoms with van der Waals surface area (Å²) >= 11 is 0. The number of hydrogen-bond acceptors (Lipinski definition) is 5. The molecule has 0 bridgehead atoms. The Hall–Kier alpha value is -2.63. The Bertz CT molecular complexity index is 967. The maximum absolute atomic E-state index is 6.07. The van der Waals surface area contributed by atoms with Gasteiger partial charge < -0.3 is 19.5 Å². The summed E-state index contributed by atoms with van der Waals surface area (Å²) in [7, 11) is 1.68. The van der Waals surface area contributed by atoms with Crippen molar-refractivity contribution in [1.82, 2.24) is 4.98 Å². The fraction of sp³-hybridized carbons (Fsp3) is 0.375. The van der Waals surface area contributed by atoms with E-state index in [9.17, 15) is 0 Å². The zero-order valence-electron chi connectivity index (χ0n) is 17.1. The smallest absolute Gasteiger partial charge is 0.145 e. The van der Waals surface area contributed by atoms with Crippen LogP contribution in [-0.2, 0) is 22.6 Å². The van der Waals surface area contributed by atoms with Crippen LogP contribution in [0.15, 0.2) is 48.7 Å². The first-order chi connectivity index (χ1) is 14.2. The highest BCUT2D eigenvalue weighted by atomic mass is 16.5. The fourth-order valence-corrected chi connectivity index (χ4v) is 3.77. The Morgan fingerprint density at radius 1 is 1.10 bits per heavy atom. The fourth-order valence-electron chi connectivity index (χ4n) is 3.77. The summed E-state index contributed by atoms with van der Waals surface area (Å²) in [5.74, 6) is 0.790. The van der Waals surface area contributed by atoms with E-state index in [-0.39, 0.29) is 0 Å². The van der Waals surface area contributed by atoms with Crippen molar-refractivity contribution in [3.05, 3.63) is 65.4 Å². The zero-order valence-corrected chi connectivity index (χ0v) is 17.1. The monoisotopic (exact) mass is 392 g/mol. The van der Waals surface area contributed by atoms with Crippen LogP contribution in [0.25, 0.3) is 10.9 Å². The molecule has 1 aromatic heterocycles. The van der Waals surface area contributed by atoms with E-state index in [4.69, 9.17) is 14.2 Å². The van der Waals surface area contributed by atoms with Crippen molar-refractivity contribution in [3.8, 4) is 5.75 Å². The number of benzene rings is 2. The third-order valence-corrected chi connectivity index (χ3v) is 5.38. The third-order valence-electron chi connectivity index (χ3n) is 5.38. The molecule has 152 valence electrons. The molecule has 4 rings (SSSR count). The standard InChI is InChI=1S/C24H28N2O3/c1-17-14-25-24-21(7-4-8-22(24)27-2)23(17)26-15-18-5-3-6-19(13-18)16-29-20-9-11-28-12-10-20/h3-8,13-14,20H,9-12,15-16H2,1-2H3,(H,25,26). The summed E-state index contributed by atoms with van der Waals surface area (Å²) in [6.07, 6.45) is 4.18. The normalized spacial score (nSPS) is 14.8. The molecule has 0 amide bonds. The number of aryl methyl sites for hydroxylation is 1. The Labute approximate surface area is 172 Å². The van der Waals surface area contributed by atoms with Crippen LogP contribution in [0, 0.1) is 6.92 Å². The van der Waals surface area contributed by atoms with Crippen LogP contribution in [0.1, 0.15) is 29.5 Å². The largest absolute Gasteiger partial charge is 0.494 e. The van der Waals surface area contributed by atoms with Gasteiger partial charge in [0.25, 0.3) is 0 Å². The highest BCUT2D eigenvalue weighted by molar-refractivity contribution is 5.96. The van der Waals surface area contributed by atoms with E-state index in [1.807, 2.05) is 18.3 Å². The topological polar surface area (TPSA) is 52.6 Å². The first kappa shape index (κ1) is 19.7. The van der Waals surface area contributed by atoms with Crippen LogP contribution < -0.4 is 10.1 Å². The van der Waals surface area contributed by atoms with E-state index in [1.165, 1.54) is 11.1 Å². The number of anilines is 1. The predicted molar refractivity (Wildman–Crippen MR) is 115 cm³/mol. The van der Waals surface area contributed by atoms with Crippen LogP contribution in [-0.4, -0.2) is 31.4 Å². The minimum atomic E-state index is 0.311. The Kier molecular flexibility index (Phi) is 6.27. The first-order valence-corrected chi connectivity index (χ1v) is 10.2. The average Bonchev–Trinajstić information content (AvgIpc) is 2.77. The zero-order chi connectivity index (χ0) is 20.1. The van der Waals surface area contributed by atoms with E-state index >= 15 is 0 Å². The quantitative estimate of drug-likeness (QED) is 0.622. The van der Waals surface area contributed by atoms with Gasteiger partial charge in [0, 0.05) is 37.0 Å². The molecule has 1 saturated heterocycles. The van der Waals surface area contributed by atoms with Crippen molar-refractivity contribution in [2.75, 3.05) is 25.6 Å². The second-order valence-corrected chi connectivity index (χ2v) is 7.47. The molecule has 1 N–H and O–H groups in total. The molecular weight excluding hydrogens is 364 g/mol. The SMILES string of the molecule is COc1cccc2c(NCc3cccc(COC4CCOCC4)c3)c(C)cnc12. The molecule has 0 spiro atoms. The van der Waals surface area contributed by atoms with Crippen LogP contribution in [0.3, 0.4) is 0 Å². The lowest BCUT2D eigenvalue weighted by atomic mass is 10.1. The van der Waals surface area contributed by atoms with Crippen molar-refractivity contribution in [1.29, 1.82) is 0 Å². The van der Waals surface area contributed by atoms with Gasteiger partial charge in [-0.25, -0.2) is 0 Å². The Morgan fingerprint density at radius 2 is 1.90 bits per heavy atom. The highest BCUT2D eigenvalue weighted by Crippen LogP contribution is 2.31. The number of aromatic nitrogens is 1. The molecule has 1 fully saturated rings. The molecule has 1 aliphatic heterocycles. The van der Waals surface area contributed by atoms with Crippen LogP contribution >= 0.6 is 0 Å². The van der Waals surface area contributed by atoms with Gasteiger partial charge in [0.1, 0.15) is 11.3 Å². The van der Waals surface area contributed by atoms with Gasteiger partial charge in [0.15, 0.2) is 0 Å². The van der Waals surface area contributed by atoms with Crippen molar-refractivity contribution in [2.24, 2.45) is 0 Å². The molecule has 2 heterocycles. The van der Waals surface area contributed by atoms with Crippen molar-refractivity contribution >= 4 is 16.6 Å². The van der Waals surface area contributed by atoms with Gasteiger partial charge in [0.2, 0.25) is 0 Å². The number of para-hydroxylation sites is 1. The Morgan fingerprint density at radius 3 is 2.72 bits per heavy atom. The molecule has 2 aromatic carbocycles. The second-order valence-electron chi connectivity index (χ2n) is 7.47. The lowest BCUT2D eigenvalue weighted by Crippen LogP contribution is -2.23. The van der Waals surface area contributed by atoms with E-state index in [0.29, 0.717) is 12.7 Å². The number of hydrogen-bond donors (Lipinski definition) is 1. The van der Waals surface area contributed by atoms with E-state index < -0.39 is 0 Å². The van der Waals surface area contributed by atoms with Gasteiger partial charge >= 0.3 is 0 Å². The number of nitrogens with one attached hydrogen (secondary N) is 1. The minimum Gasteiger partial charge on any atom is -0.494 e. The number of pyridine rings is 1. The Balaban J connectivity index is 1.46. The molecule has 1 aliphatic rings. The second kappa shape index (κ2) is 9.25. The first-order valence-electron chi connectivity index (χ1n) is 10.2. The summed E-state index contributed by atoms with van der Waals surface area (Å²) in [5.41, 5.74) is 5.52. The lowest BCUT2D eigenvalue weighted by Gasteiger charge is -2.22. The van der Waals surface area contributed by atoms with Gasteiger partial charge in [-0.15, -0.1) is 0 Å². The molecule has 0 aliphatic carbocycles. The highest BCUT2D eigenvalue weighted by Gasteiger charge is 2.14. The molecule has 0 unspecified atom stereocenters. The molecule has 5 nitrogen and oxygen atoms in total. The van der Waals surface area contributed by atoms with Crippen molar-refractivity contribution in [2.45, 2.75) is 39.0 Å². The summed E-state index contributed by atoms with van der Waals surface area (Å²) in [6.45, 7) is 5.07. The molecule has 0 atom stereocenters. The van der Waals surface area contributed by atoms with E-state index in [1.54, 1.807) is 7.11 Å². The number of methoxy groups -OCH3 is 1. The summed E-state index contributed by atoms with van der Waals surface area (Å²) < 4.78 is 16.9. The van der Waals surface area contributed by atoms with E-state index in [0.717, 1.165) is 60.5 Å². The van der Waals surface area contributed by atoms with Crippen molar-refractivity contribution in [3.63, 3.8) is 0 Å². The number of ether oxygens (including phenoxy) is 3. The average molecular weight is 392 g/mol. The van der Waals surface area contributed by atoms with Gasteiger partial charge in [-0.3, -0.25) is 4.98 Å². The maximum Gasteiger partial charge on any atom is 0.145 e. The molecule has 0 radical (unpaired) electrons. The maximum atomic E-state index is 6.07. The molecule has 0 saturated carbocycles. The summed E-state index contributed by atoms with van der Waals surface area (Å²) in [6, 6.07) is 14.6. The van der Waals surface area contributed by atoms with Crippen LogP contribution in [0.4, 0.5) is 5.69 Å². The predicted octanol–water partition coefficient (Wildman–Crippen LogP) is 4.86. The summed E-state index contributed by atoms with van der Waals surface area (Å²) in [4.78, 5) is 4.56. The van der Waals surface area contributed by atoms with Gasteiger partial charge in [0.05, 0.1) is 19.8 Å². The number of rotatable bonds is 7. The number of fused-ring (bicyclic) bond motifs is 1. The number of nitrogens with zero attached hydrogens (tertiary/aromatic N) is 1. The summed E-state index contributed by atoms with van der Waals surface area (Å²) in [5, 5.41) is 4.68. The van der Waals surface area contributed by atoms with Crippen LogP contribution in [0.5, 0.6) is 5.75 Å². The van der Waals surface area contributed by atoms with Crippen LogP contribution in [0.2, 0.25) is 0 Å². The third kappa shape index (κ3) is 4.69. The lowest BCUT2D eigenvalue weighted by molar-refractivity contribution is -0.0390. The minimum absolute atomic E-state index is 0.311. The molecular formula is C24H28N2O3. The van der Waals surface area contributed by atoms with E-state index in [2.05, 4.69) is 47.6 Å². The molecule has 5 heteroatoms. The van der Waals surface area contributed by atoms with Crippen molar-refractivity contribution < 1.29 is 14.2 Å². The molecule has 29 heavy (non-hydrogen) atoms. The molecule has 3 aromatic rings. The van der Waals surface area contributed by atoms with Gasteiger partial charge in [-0.2, -0.15) is 0 Å².